The molecule has 0 bridgehead atoms. The van der Waals surface area contributed by atoms with E-state index in [1.807, 2.05) is 13.0 Å². The van der Waals surface area contributed by atoms with Gasteiger partial charge in [-0.1, -0.05) is 52.0 Å². The van der Waals surface area contributed by atoms with Crippen LogP contribution in [-0.4, -0.2) is 17.6 Å². The van der Waals surface area contributed by atoms with Gasteiger partial charge in [0, 0.05) is 18.1 Å². The molecule has 3 aromatic rings. The van der Waals surface area contributed by atoms with E-state index in [0.717, 1.165) is 28.5 Å². The molecule has 5 nitrogen and oxygen atoms in total. The molecule has 0 fully saturated rings. The Morgan fingerprint density at radius 2 is 1.87 bits per heavy atom. The molecule has 0 radical (unpaired) electrons. The number of nitrogens with one attached hydrogen (secondary N) is 1. The first kappa shape index (κ1) is 22.3. The maximum atomic E-state index is 12.6. The number of pyridine rings is 1. The van der Waals surface area contributed by atoms with Gasteiger partial charge < -0.3 is 10.1 Å². The monoisotopic (exact) mass is 415 g/mol. The van der Waals surface area contributed by atoms with Crippen molar-refractivity contribution in [3.05, 3.63) is 70.4 Å². The van der Waals surface area contributed by atoms with Crippen molar-refractivity contribution in [1.29, 1.82) is 5.26 Å². The van der Waals surface area contributed by atoms with E-state index >= 15 is 0 Å². The van der Waals surface area contributed by atoms with Crippen LogP contribution in [0.4, 0.5) is 5.69 Å². The van der Waals surface area contributed by atoms with Gasteiger partial charge in [0.1, 0.15) is 5.56 Å². The fourth-order valence-electron chi connectivity index (χ4n) is 3.58. The topological polar surface area (TPSA) is 75.0 Å². The lowest BCUT2D eigenvalue weighted by Gasteiger charge is -2.19. The smallest absolute Gasteiger partial charge is 0.341 e. The SMILES string of the molecule is CCOC(=O)c1cnc2c(CC)cc(C#N)cc2c1NCc1ccc(C(C)(C)C)cc1. The first-order valence-corrected chi connectivity index (χ1v) is 10.6. The van der Waals surface area contributed by atoms with Crippen molar-refractivity contribution < 1.29 is 9.53 Å². The molecular weight excluding hydrogens is 386 g/mol. The lowest BCUT2D eigenvalue weighted by molar-refractivity contribution is 0.0527. The van der Waals surface area contributed by atoms with E-state index in [4.69, 9.17) is 4.74 Å². The number of aryl methyl sites for hydroxylation is 1. The zero-order valence-corrected chi connectivity index (χ0v) is 18.9. The number of aromatic nitrogens is 1. The molecule has 0 unspecified atom stereocenters. The van der Waals surface area contributed by atoms with Gasteiger partial charge in [-0.2, -0.15) is 5.26 Å². The van der Waals surface area contributed by atoms with Crippen molar-refractivity contribution in [1.82, 2.24) is 4.98 Å². The van der Waals surface area contributed by atoms with E-state index in [2.05, 4.69) is 61.4 Å². The number of nitriles is 1. The number of rotatable bonds is 6. The Kier molecular flexibility index (Phi) is 6.60. The quantitative estimate of drug-likeness (QED) is 0.518. The minimum atomic E-state index is -0.428. The summed E-state index contributed by atoms with van der Waals surface area (Å²) in [5.74, 6) is -0.428. The normalized spacial score (nSPS) is 11.2. The Hall–Kier alpha value is -3.39. The second-order valence-corrected chi connectivity index (χ2v) is 8.56. The standard InChI is InChI=1S/C26H29N3O2/c1-6-19-12-18(14-27)13-21-23(19)29-16-22(25(30)31-7-2)24(21)28-15-17-8-10-20(11-9-17)26(3,4)5/h8-13,16H,6-7,15H2,1-5H3,(H,28,29). The second kappa shape index (κ2) is 9.18. The molecule has 1 aromatic heterocycles. The molecule has 0 spiro atoms. The molecule has 0 aliphatic rings. The average molecular weight is 416 g/mol. The summed E-state index contributed by atoms with van der Waals surface area (Å²) in [6.07, 6.45) is 2.31. The molecule has 0 aliphatic heterocycles. The molecule has 5 heteroatoms. The van der Waals surface area contributed by atoms with Gasteiger partial charge in [-0.05, 0) is 47.6 Å². The van der Waals surface area contributed by atoms with Crippen LogP contribution in [0.5, 0.6) is 0 Å². The average Bonchev–Trinajstić information content (AvgIpc) is 2.76. The fourth-order valence-corrected chi connectivity index (χ4v) is 3.58. The van der Waals surface area contributed by atoms with Crippen LogP contribution in [0.15, 0.2) is 42.6 Å². The van der Waals surface area contributed by atoms with Gasteiger partial charge in [0.25, 0.3) is 0 Å². The molecule has 0 saturated heterocycles. The number of hydrogen-bond donors (Lipinski definition) is 1. The van der Waals surface area contributed by atoms with Crippen LogP contribution in [0.1, 0.15) is 67.2 Å². The minimum Gasteiger partial charge on any atom is -0.462 e. The van der Waals surface area contributed by atoms with Crippen molar-refractivity contribution in [2.45, 2.75) is 53.0 Å². The minimum absolute atomic E-state index is 0.0919. The van der Waals surface area contributed by atoms with E-state index in [0.29, 0.717) is 23.4 Å². The summed E-state index contributed by atoms with van der Waals surface area (Å²) in [5, 5.41) is 13.7. The summed E-state index contributed by atoms with van der Waals surface area (Å²) in [7, 11) is 0. The number of anilines is 1. The van der Waals surface area contributed by atoms with Gasteiger partial charge in [-0.3, -0.25) is 4.98 Å². The summed E-state index contributed by atoms with van der Waals surface area (Å²) in [4.78, 5) is 17.2. The third-order valence-corrected chi connectivity index (χ3v) is 5.34. The molecule has 1 N–H and O–H groups in total. The van der Waals surface area contributed by atoms with Gasteiger partial charge in [0.15, 0.2) is 0 Å². The van der Waals surface area contributed by atoms with Crippen molar-refractivity contribution in [2.75, 3.05) is 11.9 Å². The van der Waals surface area contributed by atoms with Crippen LogP contribution in [0.25, 0.3) is 10.9 Å². The van der Waals surface area contributed by atoms with E-state index in [1.54, 1.807) is 19.2 Å². The number of benzene rings is 2. The van der Waals surface area contributed by atoms with E-state index in [-0.39, 0.29) is 12.0 Å². The number of ether oxygens (including phenoxy) is 1. The Labute approximate surface area is 184 Å². The number of carbonyl (C=O) groups is 1. The van der Waals surface area contributed by atoms with Gasteiger partial charge in [-0.25, -0.2) is 4.79 Å². The molecule has 0 atom stereocenters. The van der Waals surface area contributed by atoms with Crippen LogP contribution in [0.2, 0.25) is 0 Å². The van der Waals surface area contributed by atoms with Crippen LogP contribution in [0, 0.1) is 11.3 Å². The van der Waals surface area contributed by atoms with Crippen molar-refractivity contribution >= 4 is 22.6 Å². The van der Waals surface area contributed by atoms with Gasteiger partial charge in [0.05, 0.1) is 29.4 Å². The maximum absolute atomic E-state index is 12.6. The van der Waals surface area contributed by atoms with Crippen molar-refractivity contribution in [2.24, 2.45) is 0 Å². The predicted molar refractivity (Wildman–Crippen MR) is 124 cm³/mol. The first-order valence-electron chi connectivity index (χ1n) is 10.6. The summed E-state index contributed by atoms with van der Waals surface area (Å²) in [6, 6.07) is 14.3. The molecule has 0 amide bonds. The zero-order chi connectivity index (χ0) is 22.6. The lowest BCUT2D eigenvalue weighted by atomic mass is 9.87. The summed E-state index contributed by atoms with van der Waals surface area (Å²) in [5.41, 5.74) is 5.79. The lowest BCUT2D eigenvalue weighted by Crippen LogP contribution is -2.13. The second-order valence-electron chi connectivity index (χ2n) is 8.56. The highest BCUT2D eigenvalue weighted by atomic mass is 16.5. The molecular formula is C26H29N3O2. The maximum Gasteiger partial charge on any atom is 0.341 e. The molecule has 0 saturated carbocycles. The number of carbonyl (C=O) groups excluding carboxylic acids is 1. The van der Waals surface area contributed by atoms with E-state index in [1.165, 1.54) is 5.56 Å². The number of hydrogen-bond acceptors (Lipinski definition) is 5. The van der Waals surface area contributed by atoms with Crippen molar-refractivity contribution in [3.63, 3.8) is 0 Å². The van der Waals surface area contributed by atoms with Crippen LogP contribution in [0.3, 0.4) is 0 Å². The molecule has 31 heavy (non-hydrogen) atoms. The van der Waals surface area contributed by atoms with Crippen LogP contribution < -0.4 is 5.32 Å². The number of nitrogens with zero attached hydrogens (tertiary/aromatic N) is 2. The summed E-state index contributed by atoms with van der Waals surface area (Å²) in [6.45, 7) is 11.2. The predicted octanol–water partition coefficient (Wildman–Crippen LogP) is 5.76. The molecule has 3 rings (SSSR count). The Bertz CT molecular complexity index is 1140. The van der Waals surface area contributed by atoms with Gasteiger partial charge in [-0.15, -0.1) is 0 Å². The van der Waals surface area contributed by atoms with E-state index < -0.39 is 5.97 Å². The van der Waals surface area contributed by atoms with Gasteiger partial charge >= 0.3 is 5.97 Å². The van der Waals surface area contributed by atoms with Crippen molar-refractivity contribution in [3.8, 4) is 6.07 Å². The molecule has 0 aliphatic carbocycles. The van der Waals surface area contributed by atoms with Gasteiger partial charge in [0.2, 0.25) is 0 Å². The fraction of sp³-hybridized carbons (Fsp3) is 0.346. The summed E-state index contributed by atoms with van der Waals surface area (Å²) >= 11 is 0. The molecule has 2 aromatic carbocycles. The highest BCUT2D eigenvalue weighted by Gasteiger charge is 2.19. The third kappa shape index (κ3) is 4.86. The third-order valence-electron chi connectivity index (χ3n) is 5.34. The number of esters is 1. The van der Waals surface area contributed by atoms with Crippen LogP contribution >= 0.6 is 0 Å². The Morgan fingerprint density at radius 1 is 1.16 bits per heavy atom. The summed E-state index contributed by atoms with van der Waals surface area (Å²) < 4.78 is 5.25. The zero-order valence-electron chi connectivity index (χ0n) is 18.9. The molecule has 1 heterocycles. The Balaban J connectivity index is 2.06. The number of fused-ring (bicyclic) bond motifs is 1. The molecule has 160 valence electrons. The highest BCUT2D eigenvalue weighted by Crippen LogP contribution is 2.31. The highest BCUT2D eigenvalue weighted by molar-refractivity contribution is 6.06. The Morgan fingerprint density at radius 3 is 2.45 bits per heavy atom. The largest absolute Gasteiger partial charge is 0.462 e. The first-order chi connectivity index (χ1) is 14.8. The van der Waals surface area contributed by atoms with Crippen LogP contribution in [-0.2, 0) is 23.1 Å². The van der Waals surface area contributed by atoms with E-state index in [9.17, 15) is 10.1 Å².